The van der Waals surface area contributed by atoms with E-state index in [4.69, 9.17) is 10.5 Å². The lowest BCUT2D eigenvalue weighted by Gasteiger charge is -2.33. The van der Waals surface area contributed by atoms with E-state index in [1.54, 1.807) is 19.0 Å². The zero-order valence-electron chi connectivity index (χ0n) is 17.2. The average Bonchev–Trinajstić information content (AvgIpc) is 2.72. The van der Waals surface area contributed by atoms with Crippen LogP contribution in [0, 0.1) is 10.1 Å². The first-order chi connectivity index (χ1) is 14.3. The Kier molecular flexibility index (Phi) is 6.86. The molecular weight excluding hydrogens is 386 g/mol. The van der Waals surface area contributed by atoms with Gasteiger partial charge in [-0.1, -0.05) is 30.3 Å². The standard InChI is InChI=1S/C21H27N5O4/c1-24(2)19-11-18(22)17(10-20(19)26(28)29)21(27)23-12-16-14-25(8-9-30-16)13-15-6-4-3-5-7-15/h3-7,10-11,16H,8-9,12-14,22H2,1-2H3,(H,23,27). The first-order valence-corrected chi connectivity index (χ1v) is 9.76. The van der Waals surface area contributed by atoms with Crippen LogP contribution in [0.1, 0.15) is 15.9 Å². The second-order valence-electron chi connectivity index (χ2n) is 7.50. The second kappa shape index (κ2) is 9.55. The Morgan fingerprint density at radius 1 is 1.33 bits per heavy atom. The number of ether oxygens (including phenoxy) is 1. The summed E-state index contributed by atoms with van der Waals surface area (Å²) in [6.07, 6.45) is -0.163. The van der Waals surface area contributed by atoms with E-state index in [1.165, 1.54) is 17.7 Å². The predicted octanol–water partition coefficient (Wildman–Crippen LogP) is 1.87. The van der Waals surface area contributed by atoms with E-state index < -0.39 is 10.8 Å². The Morgan fingerprint density at radius 3 is 2.73 bits per heavy atom. The second-order valence-corrected chi connectivity index (χ2v) is 7.50. The van der Waals surface area contributed by atoms with Crippen LogP contribution in [0.3, 0.4) is 0 Å². The van der Waals surface area contributed by atoms with Gasteiger partial charge in [0.15, 0.2) is 0 Å². The van der Waals surface area contributed by atoms with Crippen LogP contribution in [0.2, 0.25) is 0 Å². The number of carbonyl (C=O) groups excluding carboxylic acids is 1. The third kappa shape index (κ3) is 5.25. The highest BCUT2D eigenvalue weighted by Gasteiger charge is 2.24. The maximum Gasteiger partial charge on any atom is 0.293 e. The van der Waals surface area contributed by atoms with Crippen LogP contribution in [0.4, 0.5) is 17.1 Å². The zero-order valence-corrected chi connectivity index (χ0v) is 17.2. The van der Waals surface area contributed by atoms with Crippen molar-refractivity contribution in [3.05, 3.63) is 63.7 Å². The molecule has 0 spiro atoms. The van der Waals surface area contributed by atoms with E-state index in [9.17, 15) is 14.9 Å². The van der Waals surface area contributed by atoms with Crippen LogP contribution in [0.15, 0.2) is 42.5 Å². The molecule has 0 aliphatic carbocycles. The summed E-state index contributed by atoms with van der Waals surface area (Å²) < 4.78 is 5.77. The molecule has 1 aliphatic heterocycles. The molecule has 1 fully saturated rings. The lowest BCUT2D eigenvalue weighted by atomic mass is 10.1. The van der Waals surface area contributed by atoms with Gasteiger partial charge in [0.2, 0.25) is 0 Å². The molecule has 1 unspecified atom stereocenters. The predicted molar refractivity (Wildman–Crippen MR) is 116 cm³/mol. The van der Waals surface area contributed by atoms with Gasteiger partial charge in [0.1, 0.15) is 5.69 Å². The van der Waals surface area contributed by atoms with Gasteiger partial charge in [-0.15, -0.1) is 0 Å². The van der Waals surface area contributed by atoms with Crippen molar-refractivity contribution in [2.24, 2.45) is 0 Å². The fourth-order valence-electron chi connectivity index (χ4n) is 3.48. The van der Waals surface area contributed by atoms with Crippen molar-refractivity contribution in [1.82, 2.24) is 10.2 Å². The molecule has 9 nitrogen and oxygen atoms in total. The minimum atomic E-state index is -0.517. The molecule has 0 saturated carbocycles. The van der Waals surface area contributed by atoms with Gasteiger partial charge in [0.25, 0.3) is 11.6 Å². The number of nitrogen functional groups attached to an aromatic ring is 1. The number of benzene rings is 2. The van der Waals surface area contributed by atoms with Crippen LogP contribution >= 0.6 is 0 Å². The van der Waals surface area contributed by atoms with E-state index >= 15 is 0 Å². The molecule has 0 bridgehead atoms. The number of nitrogens with one attached hydrogen (secondary N) is 1. The summed E-state index contributed by atoms with van der Waals surface area (Å²) in [5.74, 6) is -0.454. The molecule has 160 valence electrons. The summed E-state index contributed by atoms with van der Waals surface area (Å²) in [6.45, 7) is 3.21. The maximum absolute atomic E-state index is 12.6. The minimum Gasteiger partial charge on any atom is -0.398 e. The van der Waals surface area contributed by atoms with Crippen molar-refractivity contribution in [2.75, 3.05) is 51.0 Å². The van der Waals surface area contributed by atoms with Gasteiger partial charge in [0, 0.05) is 52.0 Å². The number of anilines is 2. The fraction of sp³-hybridized carbons (Fsp3) is 0.381. The van der Waals surface area contributed by atoms with Crippen molar-refractivity contribution in [3.8, 4) is 0 Å². The molecule has 1 amide bonds. The van der Waals surface area contributed by atoms with E-state index in [0.29, 0.717) is 25.4 Å². The molecule has 2 aromatic rings. The first kappa shape index (κ1) is 21.5. The van der Waals surface area contributed by atoms with Crippen molar-refractivity contribution < 1.29 is 14.5 Å². The molecule has 1 atom stereocenters. The van der Waals surface area contributed by atoms with Crippen LogP contribution in [-0.2, 0) is 11.3 Å². The number of morpholine rings is 1. The van der Waals surface area contributed by atoms with E-state index in [-0.39, 0.29) is 23.0 Å². The largest absolute Gasteiger partial charge is 0.398 e. The Labute approximate surface area is 175 Å². The maximum atomic E-state index is 12.6. The Balaban J connectivity index is 1.62. The highest BCUT2D eigenvalue weighted by atomic mass is 16.6. The number of rotatable bonds is 7. The number of amides is 1. The molecule has 3 rings (SSSR count). The highest BCUT2D eigenvalue weighted by Crippen LogP contribution is 2.31. The van der Waals surface area contributed by atoms with Crippen molar-refractivity contribution in [1.29, 1.82) is 0 Å². The molecule has 1 heterocycles. The summed E-state index contributed by atoms with van der Waals surface area (Å²) in [7, 11) is 3.37. The lowest BCUT2D eigenvalue weighted by molar-refractivity contribution is -0.384. The number of nitrogens with two attached hydrogens (primary N) is 1. The monoisotopic (exact) mass is 413 g/mol. The zero-order chi connectivity index (χ0) is 21.7. The third-order valence-electron chi connectivity index (χ3n) is 5.03. The Bertz CT molecular complexity index is 904. The van der Waals surface area contributed by atoms with Gasteiger partial charge in [-0.05, 0) is 11.6 Å². The van der Waals surface area contributed by atoms with E-state index in [2.05, 4.69) is 22.3 Å². The molecule has 30 heavy (non-hydrogen) atoms. The fourth-order valence-corrected chi connectivity index (χ4v) is 3.48. The molecule has 1 saturated heterocycles. The number of nitrogens with zero attached hydrogens (tertiary/aromatic N) is 3. The molecular formula is C21H27N5O4. The number of hydrogen-bond acceptors (Lipinski definition) is 7. The quantitative estimate of drug-likeness (QED) is 0.405. The number of hydrogen-bond donors (Lipinski definition) is 2. The molecule has 0 aromatic heterocycles. The Morgan fingerprint density at radius 2 is 2.07 bits per heavy atom. The summed E-state index contributed by atoms with van der Waals surface area (Å²) >= 11 is 0. The summed E-state index contributed by atoms with van der Waals surface area (Å²) in [4.78, 5) is 27.4. The third-order valence-corrected chi connectivity index (χ3v) is 5.03. The van der Waals surface area contributed by atoms with E-state index in [1.807, 2.05) is 18.2 Å². The van der Waals surface area contributed by atoms with Gasteiger partial charge >= 0.3 is 0 Å². The number of carbonyl (C=O) groups is 1. The van der Waals surface area contributed by atoms with Crippen LogP contribution in [-0.4, -0.2) is 62.2 Å². The van der Waals surface area contributed by atoms with Crippen molar-refractivity contribution in [2.45, 2.75) is 12.6 Å². The van der Waals surface area contributed by atoms with Crippen molar-refractivity contribution >= 4 is 23.0 Å². The number of nitro benzene ring substituents is 1. The topological polar surface area (TPSA) is 114 Å². The van der Waals surface area contributed by atoms with Crippen molar-refractivity contribution in [3.63, 3.8) is 0 Å². The molecule has 2 aromatic carbocycles. The number of nitro groups is 1. The summed E-state index contributed by atoms with van der Waals surface area (Å²) in [6, 6.07) is 12.9. The normalized spacial score (nSPS) is 16.8. The summed E-state index contributed by atoms with van der Waals surface area (Å²) in [5, 5.41) is 14.2. The average molecular weight is 413 g/mol. The smallest absolute Gasteiger partial charge is 0.293 e. The van der Waals surface area contributed by atoms with E-state index in [0.717, 1.165) is 13.1 Å². The first-order valence-electron chi connectivity index (χ1n) is 9.76. The lowest BCUT2D eigenvalue weighted by Crippen LogP contribution is -2.47. The van der Waals surface area contributed by atoms with Crippen LogP contribution < -0.4 is 16.0 Å². The molecule has 9 heteroatoms. The van der Waals surface area contributed by atoms with Crippen LogP contribution in [0.25, 0.3) is 0 Å². The van der Waals surface area contributed by atoms with Crippen LogP contribution in [0.5, 0.6) is 0 Å². The molecule has 1 aliphatic rings. The Hall–Kier alpha value is -3.17. The summed E-state index contributed by atoms with van der Waals surface area (Å²) in [5.41, 5.74) is 7.68. The van der Waals surface area contributed by atoms with Gasteiger partial charge in [-0.2, -0.15) is 0 Å². The van der Waals surface area contributed by atoms with Gasteiger partial charge < -0.3 is 20.7 Å². The minimum absolute atomic E-state index is 0.0873. The molecule has 3 N–H and O–H groups in total. The van der Waals surface area contributed by atoms with Gasteiger partial charge in [-0.25, -0.2) is 0 Å². The van der Waals surface area contributed by atoms with Gasteiger partial charge in [0.05, 0.1) is 23.2 Å². The van der Waals surface area contributed by atoms with Gasteiger partial charge in [-0.3, -0.25) is 19.8 Å². The SMILES string of the molecule is CN(C)c1cc(N)c(C(=O)NCC2CN(Cc3ccccc3)CCO2)cc1[N+](=O)[O-]. The highest BCUT2D eigenvalue weighted by molar-refractivity contribution is 6.01. The molecule has 0 radical (unpaired) electrons.